The molecule has 1 aliphatic carbocycles. The van der Waals surface area contributed by atoms with Crippen LogP contribution in [0.25, 0.3) is 0 Å². The first-order valence-corrected chi connectivity index (χ1v) is 3.77. The van der Waals surface area contributed by atoms with E-state index in [4.69, 9.17) is 5.11 Å². The van der Waals surface area contributed by atoms with E-state index >= 15 is 0 Å². The molecule has 0 aromatic carbocycles. The molecular weight excluding hydrogens is 170 g/mol. The van der Waals surface area contributed by atoms with Gasteiger partial charge in [0.1, 0.15) is 0 Å². The van der Waals surface area contributed by atoms with E-state index in [1.54, 1.807) is 0 Å². The molecule has 1 aliphatic rings. The lowest BCUT2D eigenvalue weighted by atomic mass is 10.1. The zero-order valence-electron chi connectivity index (χ0n) is 6.37. The largest absolute Gasteiger partial charge is 0.481 e. The molecule has 0 aromatic rings. The molecule has 3 nitrogen and oxygen atoms in total. The standard InChI is InChI=1S/C7H10F2O3/c8-7(9)12-5-3-1-2-4(5)6(10)11/h4-5,7H,1-3H2,(H,10,11). The first kappa shape index (κ1) is 9.38. The van der Waals surface area contributed by atoms with Crippen molar-refractivity contribution in [2.24, 2.45) is 5.92 Å². The quantitative estimate of drug-likeness (QED) is 0.715. The molecule has 1 rings (SSSR count). The number of carboxylic acids is 1. The second-order valence-corrected chi connectivity index (χ2v) is 2.81. The molecule has 0 spiro atoms. The molecule has 1 saturated carbocycles. The van der Waals surface area contributed by atoms with Gasteiger partial charge in [0.25, 0.3) is 0 Å². The lowest BCUT2D eigenvalue weighted by Crippen LogP contribution is -2.27. The molecule has 0 bridgehead atoms. The summed E-state index contributed by atoms with van der Waals surface area (Å²) in [4.78, 5) is 10.5. The smallest absolute Gasteiger partial charge is 0.345 e. The minimum atomic E-state index is -2.87. The van der Waals surface area contributed by atoms with E-state index in [1.807, 2.05) is 0 Å². The van der Waals surface area contributed by atoms with E-state index in [0.29, 0.717) is 19.3 Å². The molecule has 1 N–H and O–H groups in total. The molecule has 12 heavy (non-hydrogen) atoms. The summed E-state index contributed by atoms with van der Waals surface area (Å²) < 4.78 is 27.6. The van der Waals surface area contributed by atoms with Gasteiger partial charge in [-0.15, -0.1) is 0 Å². The molecule has 2 atom stereocenters. The first-order chi connectivity index (χ1) is 5.61. The van der Waals surface area contributed by atoms with Crippen LogP contribution in [0.4, 0.5) is 8.78 Å². The van der Waals surface area contributed by atoms with Crippen LogP contribution in [0.5, 0.6) is 0 Å². The van der Waals surface area contributed by atoms with E-state index in [-0.39, 0.29) is 0 Å². The van der Waals surface area contributed by atoms with E-state index < -0.39 is 24.6 Å². The topological polar surface area (TPSA) is 46.5 Å². The van der Waals surface area contributed by atoms with Gasteiger partial charge in [0.2, 0.25) is 0 Å². The number of alkyl halides is 2. The summed E-state index contributed by atoms with van der Waals surface area (Å²) in [5.74, 6) is -1.79. The van der Waals surface area contributed by atoms with Gasteiger partial charge in [-0.2, -0.15) is 8.78 Å². The number of hydrogen-bond acceptors (Lipinski definition) is 2. The fourth-order valence-electron chi connectivity index (χ4n) is 1.50. The number of hydrogen-bond donors (Lipinski definition) is 1. The Morgan fingerprint density at radius 2 is 2.17 bits per heavy atom. The van der Waals surface area contributed by atoms with Crippen LogP contribution in [0.15, 0.2) is 0 Å². The van der Waals surface area contributed by atoms with Crippen molar-refractivity contribution in [2.75, 3.05) is 0 Å². The highest BCUT2D eigenvalue weighted by Gasteiger charge is 2.35. The monoisotopic (exact) mass is 180 g/mol. The van der Waals surface area contributed by atoms with Crippen molar-refractivity contribution < 1.29 is 23.4 Å². The summed E-state index contributed by atoms with van der Waals surface area (Å²) in [6.07, 6.45) is 0.699. The lowest BCUT2D eigenvalue weighted by Gasteiger charge is -2.15. The normalized spacial score (nSPS) is 29.6. The summed E-state index contributed by atoms with van der Waals surface area (Å²) in [5, 5.41) is 8.57. The minimum absolute atomic E-state index is 0.418. The van der Waals surface area contributed by atoms with Crippen molar-refractivity contribution in [3.05, 3.63) is 0 Å². The maximum Gasteiger partial charge on any atom is 0.345 e. The summed E-state index contributed by atoms with van der Waals surface area (Å²) in [6.45, 7) is -2.87. The van der Waals surface area contributed by atoms with Crippen LogP contribution < -0.4 is 0 Å². The fraction of sp³-hybridized carbons (Fsp3) is 0.857. The van der Waals surface area contributed by atoms with E-state index in [2.05, 4.69) is 4.74 Å². The van der Waals surface area contributed by atoms with E-state index in [9.17, 15) is 13.6 Å². The molecule has 0 aliphatic heterocycles. The Kier molecular flexibility index (Phi) is 2.97. The molecule has 5 heteroatoms. The zero-order valence-corrected chi connectivity index (χ0v) is 6.37. The van der Waals surface area contributed by atoms with Gasteiger partial charge >= 0.3 is 12.6 Å². The van der Waals surface area contributed by atoms with Crippen molar-refractivity contribution in [2.45, 2.75) is 32.0 Å². The first-order valence-electron chi connectivity index (χ1n) is 3.77. The van der Waals surface area contributed by atoms with Crippen LogP contribution in [-0.2, 0) is 9.53 Å². The van der Waals surface area contributed by atoms with Gasteiger partial charge in [-0.1, -0.05) is 0 Å². The van der Waals surface area contributed by atoms with E-state index in [0.717, 1.165) is 0 Å². The van der Waals surface area contributed by atoms with Crippen LogP contribution in [-0.4, -0.2) is 23.8 Å². The van der Waals surface area contributed by atoms with Crippen molar-refractivity contribution in [3.63, 3.8) is 0 Å². The molecule has 2 unspecified atom stereocenters. The maximum atomic E-state index is 11.7. The predicted octanol–water partition coefficient (Wildman–Crippen LogP) is 1.48. The number of aliphatic carboxylic acids is 1. The SMILES string of the molecule is O=C(O)C1CCCC1OC(F)F. The van der Waals surface area contributed by atoms with Crippen LogP contribution in [0, 0.1) is 5.92 Å². The molecule has 0 heterocycles. The predicted molar refractivity (Wildman–Crippen MR) is 35.9 cm³/mol. The Bertz CT molecular complexity index is 172. The van der Waals surface area contributed by atoms with Crippen LogP contribution >= 0.6 is 0 Å². The summed E-state index contributed by atoms with van der Waals surface area (Å²) >= 11 is 0. The van der Waals surface area contributed by atoms with Crippen LogP contribution in [0.3, 0.4) is 0 Å². The molecule has 0 aromatic heterocycles. The van der Waals surface area contributed by atoms with Gasteiger partial charge in [-0.05, 0) is 19.3 Å². The minimum Gasteiger partial charge on any atom is -0.481 e. The van der Waals surface area contributed by atoms with Crippen molar-refractivity contribution in [1.82, 2.24) is 0 Å². The maximum absolute atomic E-state index is 11.7. The third-order valence-corrected chi connectivity index (χ3v) is 2.05. The van der Waals surface area contributed by atoms with Gasteiger partial charge in [0, 0.05) is 0 Å². The highest BCUT2D eigenvalue weighted by atomic mass is 19.3. The Labute approximate surface area is 68.3 Å². The van der Waals surface area contributed by atoms with Crippen LogP contribution in [0.1, 0.15) is 19.3 Å². The average molecular weight is 180 g/mol. The number of carboxylic acid groups (broad SMARTS) is 1. The Morgan fingerprint density at radius 3 is 2.67 bits per heavy atom. The summed E-state index contributed by atoms with van der Waals surface area (Å²) in [6, 6.07) is 0. The van der Waals surface area contributed by atoms with Crippen molar-refractivity contribution in [1.29, 1.82) is 0 Å². The second-order valence-electron chi connectivity index (χ2n) is 2.81. The van der Waals surface area contributed by atoms with Gasteiger partial charge in [-0.3, -0.25) is 4.79 Å². The fourth-order valence-corrected chi connectivity index (χ4v) is 1.50. The number of rotatable bonds is 3. The molecule has 70 valence electrons. The average Bonchev–Trinajstić information content (AvgIpc) is 2.33. The number of halogens is 2. The number of ether oxygens (including phenoxy) is 1. The Balaban J connectivity index is 2.46. The van der Waals surface area contributed by atoms with Gasteiger partial charge in [0.05, 0.1) is 12.0 Å². The third kappa shape index (κ3) is 2.14. The third-order valence-electron chi connectivity index (χ3n) is 2.05. The van der Waals surface area contributed by atoms with Crippen LogP contribution in [0.2, 0.25) is 0 Å². The van der Waals surface area contributed by atoms with Gasteiger partial charge < -0.3 is 9.84 Å². The number of carbonyl (C=O) groups is 1. The summed E-state index contributed by atoms with van der Waals surface area (Å²) in [7, 11) is 0. The zero-order chi connectivity index (χ0) is 9.14. The summed E-state index contributed by atoms with van der Waals surface area (Å²) in [5.41, 5.74) is 0. The lowest BCUT2D eigenvalue weighted by molar-refractivity contribution is -0.179. The molecule has 0 amide bonds. The highest BCUT2D eigenvalue weighted by molar-refractivity contribution is 5.71. The van der Waals surface area contributed by atoms with Gasteiger partial charge in [-0.25, -0.2) is 0 Å². The van der Waals surface area contributed by atoms with E-state index in [1.165, 1.54) is 0 Å². The molecular formula is C7H10F2O3. The molecule has 0 radical (unpaired) electrons. The molecule has 1 fully saturated rings. The van der Waals surface area contributed by atoms with Crippen molar-refractivity contribution in [3.8, 4) is 0 Å². The molecule has 0 saturated heterocycles. The van der Waals surface area contributed by atoms with Crippen molar-refractivity contribution >= 4 is 5.97 Å². The second kappa shape index (κ2) is 3.80. The Hall–Kier alpha value is -0.710. The Morgan fingerprint density at radius 1 is 1.50 bits per heavy atom. The van der Waals surface area contributed by atoms with Gasteiger partial charge in [0.15, 0.2) is 0 Å². The highest BCUT2D eigenvalue weighted by Crippen LogP contribution is 2.29.